The van der Waals surface area contributed by atoms with Crippen molar-refractivity contribution in [2.24, 2.45) is 0 Å². The number of ketones is 1. The van der Waals surface area contributed by atoms with Crippen LogP contribution in [0.15, 0.2) is 90.3 Å². The third-order valence-electron chi connectivity index (χ3n) is 7.33. The number of carboxylic acid groups (broad SMARTS) is 1. The van der Waals surface area contributed by atoms with E-state index in [0.29, 0.717) is 29.8 Å². The first kappa shape index (κ1) is 30.7. The molecule has 218 valence electrons. The Morgan fingerprint density at radius 3 is 2.33 bits per heavy atom. The Hall–Kier alpha value is -4.23. The molecule has 6 nitrogen and oxygen atoms in total. The lowest BCUT2D eigenvalue weighted by Crippen LogP contribution is -2.28. The lowest BCUT2D eigenvalue weighted by molar-refractivity contribution is -0.137. The molecule has 4 aromatic rings. The van der Waals surface area contributed by atoms with Crippen LogP contribution in [0.25, 0.3) is 11.1 Å². The number of nitrogens with one attached hydrogen (secondary N) is 1. The van der Waals surface area contributed by atoms with Crippen LogP contribution in [0.3, 0.4) is 0 Å². The Kier molecular flexibility index (Phi) is 11.1. The second-order valence-electron chi connectivity index (χ2n) is 10.5. The largest absolute Gasteiger partial charge is 0.481 e. The highest BCUT2D eigenvalue weighted by molar-refractivity contribution is 7.10. The first-order chi connectivity index (χ1) is 20.4. The van der Waals surface area contributed by atoms with Crippen molar-refractivity contribution in [2.75, 3.05) is 18.9 Å². The Labute approximate surface area is 252 Å². The Morgan fingerprint density at radius 1 is 0.905 bits per heavy atom. The van der Waals surface area contributed by atoms with E-state index < -0.39 is 12.0 Å². The minimum absolute atomic E-state index is 0.122. The van der Waals surface area contributed by atoms with Crippen molar-refractivity contribution in [3.63, 3.8) is 0 Å². The predicted octanol–water partition coefficient (Wildman–Crippen LogP) is 7.86. The fourth-order valence-electron chi connectivity index (χ4n) is 4.86. The van der Waals surface area contributed by atoms with E-state index in [1.54, 1.807) is 35.6 Å². The topological polar surface area (TPSA) is 86.7 Å². The molecule has 0 radical (unpaired) electrons. The number of rotatable bonds is 15. The van der Waals surface area contributed by atoms with Crippen LogP contribution in [0.5, 0.6) is 0 Å². The maximum atomic E-state index is 13.2. The minimum Gasteiger partial charge on any atom is -0.481 e. The summed E-state index contributed by atoms with van der Waals surface area (Å²) in [6.07, 6.45) is 4.42. The summed E-state index contributed by atoms with van der Waals surface area (Å²) in [7, 11) is 1.87. The zero-order valence-electron chi connectivity index (χ0n) is 24.2. The summed E-state index contributed by atoms with van der Waals surface area (Å²) in [6, 6.07) is 25.8. The maximum Gasteiger partial charge on any atom is 0.305 e. The van der Waals surface area contributed by atoms with Crippen LogP contribution in [0, 0.1) is 0 Å². The number of unbranched alkanes of at least 4 members (excludes halogenated alkanes) is 2. The number of amides is 1. The first-order valence-corrected chi connectivity index (χ1v) is 15.3. The van der Waals surface area contributed by atoms with Crippen LogP contribution >= 0.6 is 11.3 Å². The number of nitrogens with zero attached hydrogens (tertiary/aromatic N) is 1. The van der Waals surface area contributed by atoms with Gasteiger partial charge in [-0.05, 0) is 53.1 Å². The van der Waals surface area contributed by atoms with Crippen LogP contribution in [0.1, 0.15) is 71.4 Å². The van der Waals surface area contributed by atoms with Crippen molar-refractivity contribution in [3.8, 4) is 11.1 Å². The van der Waals surface area contributed by atoms with Gasteiger partial charge in [-0.15, -0.1) is 11.3 Å². The highest BCUT2D eigenvalue weighted by Crippen LogP contribution is 2.30. The molecule has 42 heavy (non-hydrogen) atoms. The third kappa shape index (κ3) is 8.40. The number of carbonyl (C=O) groups is 3. The quantitative estimate of drug-likeness (QED) is 0.110. The van der Waals surface area contributed by atoms with Gasteiger partial charge in [-0.1, -0.05) is 86.5 Å². The van der Waals surface area contributed by atoms with Crippen LogP contribution in [0.4, 0.5) is 5.69 Å². The lowest BCUT2D eigenvalue weighted by atomic mass is 9.97. The molecule has 1 aromatic heterocycles. The van der Waals surface area contributed by atoms with E-state index in [1.165, 1.54) is 4.88 Å². The molecular weight excluding hydrogens is 544 g/mol. The Morgan fingerprint density at radius 2 is 1.62 bits per heavy atom. The average Bonchev–Trinajstić information content (AvgIpc) is 3.49. The molecule has 0 saturated carbocycles. The third-order valence-corrected chi connectivity index (χ3v) is 8.33. The molecule has 0 fully saturated rings. The predicted molar refractivity (Wildman–Crippen MR) is 170 cm³/mol. The number of carbonyl (C=O) groups excluding carboxylic acids is 2. The number of likely N-dealkylation sites (N-methyl/N-ethyl adjacent to an activating group) is 1. The van der Waals surface area contributed by atoms with Gasteiger partial charge in [0.05, 0.1) is 12.5 Å². The van der Waals surface area contributed by atoms with Gasteiger partial charge in [-0.2, -0.15) is 0 Å². The smallest absolute Gasteiger partial charge is 0.305 e. The highest BCUT2D eigenvalue weighted by atomic mass is 32.1. The van der Waals surface area contributed by atoms with Crippen molar-refractivity contribution in [3.05, 3.63) is 112 Å². The van der Waals surface area contributed by atoms with Gasteiger partial charge >= 0.3 is 5.97 Å². The molecule has 0 aliphatic rings. The molecule has 3 aromatic carbocycles. The molecule has 1 atom stereocenters. The minimum atomic E-state index is -0.931. The number of carboxylic acids is 1. The van der Waals surface area contributed by atoms with E-state index in [2.05, 4.69) is 23.7 Å². The van der Waals surface area contributed by atoms with Crippen LogP contribution < -0.4 is 5.32 Å². The average molecular weight is 583 g/mol. The van der Waals surface area contributed by atoms with Crippen molar-refractivity contribution in [1.29, 1.82) is 0 Å². The number of anilines is 1. The van der Waals surface area contributed by atoms with Crippen molar-refractivity contribution < 1.29 is 19.5 Å². The summed E-state index contributed by atoms with van der Waals surface area (Å²) in [4.78, 5) is 40.4. The second kappa shape index (κ2) is 15.1. The Balaban J connectivity index is 1.45. The fourth-order valence-corrected chi connectivity index (χ4v) is 5.74. The maximum absolute atomic E-state index is 13.2. The molecule has 1 heterocycles. The van der Waals surface area contributed by atoms with Gasteiger partial charge < -0.3 is 15.3 Å². The summed E-state index contributed by atoms with van der Waals surface area (Å²) in [6.45, 7) is 2.83. The lowest BCUT2D eigenvalue weighted by Gasteiger charge is -2.21. The van der Waals surface area contributed by atoms with Gasteiger partial charge in [0.2, 0.25) is 5.91 Å². The van der Waals surface area contributed by atoms with E-state index in [4.69, 9.17) is 0 Å². The van der Waals surface area contributed by atoms with E-state index in [1.807, 2.05) is 66.5 Å². The number of hydrogen-bond donors (Lipinski definition) is 2. The fraction of sp³-hybridized carbons (Fsp3) is 0.286. The zero-order valence-corrected chi connectivity index (χ0v) is 25.0. The molecule has 4 rings (SSSR count). The van der Waals surface area contributed by atoms with Gasteiger partial charge in [0.15, 0.2) is 5.78 Å². The van der Waals surface area contributed by atoms with Crippen LogP contribution in [-0.4, -0.2) is 41.3 Å². The molecule has 0 spiro atoms. The molecule has 0 bridgehead atoms. The van der Waals surface area contributed by atoms with Gasteiger partial charge in [0.25, 0.3) is 0 Å². The molecule has 1 amide bonds. The van der Waals surface area contributed by atoms with Gasteiger partial charge in [-0.25, -0.2) is 0 Å². The van der Waals surface area contributed by atoms with E-state index >= 15 is 0 Å². The molecule has 7 heteroatoms. The molecule has 0 unspecified atom stereocenters. The number of benzene rings is 3. The summed E-state index contributed by atoms with van der Waals surface area (Å²) >= 11 is 1.68. The molecular formula is C35H38N2O4S. The number of hydrogen-bond acceptors (Lipinski definition) is 5. The van der Waals surface area contributed by atoms with Crippen molar-refractivity contribution in [2.45, 2.75) is 51.5 Å². The van der Waals surface area contributed by atoms with Crippen molar-refractivity contribution in [1.82, 2.24) is 4.90 Å². The summed E-state index contributed by atoms with van der Waals surface area (Å²) in [5.41, 5.74) is 4.62. The van der Waals surface area contributed by atoms with E-state index in [0.717, 1.165) is 42.4 Å². The van der Waals surface area contributed by atoms with Crippen LogP contribution in [-0.2, 0) is 16.0 Å². The molecule has 2 N–H and O–H groups in total. The number of para-hydroxylation sites is 1. The Bertz CT molecular complexity index is 1480. The van der Waals surface area contributed by atoms with Gasteiger partial charge in [0, 0.05) is 41.7 Å². The number of thiophene rings is 1. The van der Waals surface area contributed by atoms with Gasteiger partial charge in [-0.3, -0.25) is 14.4 Å². The molecule has 0 aliphatic heterocycles. The molecule has 0 saturated heterocycles. The summed E-state index contributed by atoms with van der Waals surface area (Å²) < 4.78 is 0. The standard InChI is InChI=1S/C35H38N2O4S/c1-3-4-6-15-33(38)37(2)21-20-29-22-28(24-42-29)25-16-18-26(19-17-25)32(23-34(39)40)36-31-14-10-9-13-30(31)35(41)27-11-7-5-8-12-27/h5,7-14,16-19,22,24,32,36H,3-4,6,15,20-21,23H2,1-2H3,(H,39,40)/t32-/m0/s1. The highest BCUT2D eigenvalue weighted by Gasteiger charge is 2.20. The second-order valence-corrected chi connectivity index (χ2v) is 11.5. The zero-order chi connectivity index (χ0) is 29.9. The number of aliphatic carboxylic acids is 1. The molecule has 0 aliphatic carbocycles. The first-order valence-electron chi connectivity index (χ1n) is 14.4. The van der Waals surface area contributed by atoms with Crippen LogP contribution in [0.2, 0.25) is 0 Å². The van der Waals surface area contributed by atoms with E-state index in [-0.39, 0.29) is 18.1 Å². The van der Waals surface area contributed by atoms with Crippen molar-refractivity contribution >= 4 is 34.7 Å². The monoisotopic (exact) mass is 582 g/mol. The van der Waals surface area contributed by atoms with E-state index in [9.17, 15) is 19.5 Å². The summed E-state index contributed by atoms with van der Waals surface area (Å²) in [5.74, 6) is -0.851. The SMILES string of the molecule is CCCCCC(=O)N(C)CCc1cc(-c2ccc([C@H](CC(=O)O)Nc3ccccc3C(=O)c3ccccc3)cc2)cs1. The normalized spacial score (nSPS) is 11.6. The summed E-state index contributed by atoms with van der Waals surface area (Å²) in [5, 5.41) is 15.1. The van der Waals surface area contributed by atoms with Gasteiger partial charge in [0.1, 0.15) is 0 Å².